The molecule has 0 spiro atoms. The highest BCUT2D eigenvalue weighted by Crippen LogP contribution is 2.44. The lowest BCUT2D eigenvalue weighted by Gasteiger charge is -2.43. The second-order valence-electron chi connectivity index (χ2n) is 4.12. The summed E-state index contributed by atoms with van der Waals surface area (Å²) in [6, 6.07) is 6.63. The van der Waals surface area contributed by atoms with Crippen LogP contribution in [0.2, 0.25) is 0 Å². The van der Waals surface area contributed by atoms with E-state index in [0.717, 1.165) is 0 Å². The van der Waals surface area contributed by atoms with Crippen LogP contribution < -0.4 is 4.74 Å². The van der Waals surface area contributed by atoms with Crippen LogP contribution in [0.1, 0.15) is 12.0 Å². The first kappa shape index (κ1) is 12.2. The molecular formula is C12H13F3O2. The Morgan fingerprint density at radius 1 is 1.41 bits per heavy atom. The number of methoxy groups -OCH3 is 1. The highest BCUT2D eigenvalue weighted by atomic mass is 19.4. The van der Waals surface area contributed by atoms with Crippen molar-refractivity contribution in [3.63, 3.8) is 0 Å². The van der Waals surface area contributed by atoms with E-state index >= 15 is 0 Å². The van der Waals surface area contributed by atoms with Crippen molar-refractivity contribution >= 4 is 0 Å². The van der Waals surface area contributed by atoms with E-state index in [1.54, 1.807) is 24.3 Å². The van der Waals surface area contributed by atoms with Crippen LogP contribution in [-0.4, -0.2) is 25.5 Å². The van der Waals surface area contributed by atoms with E-state index in [9.17, 15) is 13.2 Å². The van der Waals surface area contributed by atoms with Crippen molar-refractivity contribution < 1.29 is 22.6 Å². The summed E-state index contributed by atoms with van der Waals surface area (Å²) < 4.78 is 48.4. The predicted octanol–water partition coefficient (Wildman–Crippen LogP) is 2.96. The van der Waals surface area contributed by atoms with Gasteiger partial charge in [-0.15, -0.1) is 0 Å². The van der Waals surface area contributed by atoms with Gasteiger partial charge in [-0.25, -0.2) is 0 Å². The number of hydrogen-bond acceptors (Lipinski definition) is 2. The molecule has 2 nitrogen and oxygen atoms in total. The summed E-state index contributed by atoms with van der Waals surface area (Å²) >= 11 is 0. The molecule has 1 aliphatic heterocycles. The maximum atomic E-state index is 12.9. The van der Waals surface area contributed by atoms with Crippen LogP contribution in [-0.2, 0) is 11.2 Å². The number of alkyl halides is 3. The fourth-order valence-corrected chi connectivity index (χ4v) is 1.92. The Hall–Kier alpha value is -1.23. The fraction of sp³-hybridized carbons (Fsp3) is 0.500. The molecule has 1 heterocycles. The first-order valence-electron chi connectivity index (χ1n) is 5.30. The number of hydrogen-bond donors (Lipinski definition) is 0. The summed E-state index contributed by atoms with van der Waals surface area (Å²) in [5.74, 6) is 0.555. The quantitative estimate of drug-likeness (QED) is 0.816. The summed E-state index contributed by atoms with van der Waals surface area (Å²) in [5.41, 5.74) is -1.43. The molecule has 0 amide bonds. The largest absolute Gasteiger partial charge is 0.497 e. The van der Waals surface area contributed by atoms with Gasteiger partial charge in [-0.05, 0) is 17.7 Å². The Morgan fingerprint density at radius 2 is 2.12 bits per heavy atom. The van der Waals surface area contributed by atoms with Gasteiger partial charge in [0.05, 0.1) is 13.7 Å². The molecule has 0 bridgehead atoms. The molecule has 5 heteroatoms. The van der Waals surface area contributed by atoms with Crippen molar-refractivity contribution in [2.45, 2.75) is 24.6 Å². The number of benzene rings is 1. The first-order valence-corrected chi connectivity index (χ1v) is 5.30. The zero-order valence-electron chi connectivity index (χ0n) is 9.38. The summed E-state index contributed by atoms with van der Waals surface area (Å²) in [5, 5.41) is 0. The lowest BCUT2D eigenvalue weighted by Crippen LogP contribution is -2.57. The Labute approximate surface area is 97.3 Å². The molecule has 0 aromatic heterocycles. The molecule has 0 radical (unpaired) electrons. The van der Waals surface area contributed by atoms with Crippen molar-refractivity contribution in [3.05, 3.63) is 29.8 Å². The predicted molar refractivity (Wildman–Crippen MR) is 56.1 cm³/mol. The fourth-order valence-electron chi connectivity index (χ4n) is 1.92. The van der Waals surface area contributed by atoms with Gasteiger partial charge >= 0.3 is 6.18 Å². The van der Waals surface area contributed by atoms with Crippen LogP contribution >= 0.6 is 0 Å². The summed E-state index contributed by atoms with van der Waals surface area (Å²) in [6.07, 6.45) is -4.46. The molecule has 1 aromatic rings. The maximum Gasteiger partial charge on any atom is 0.417 e. The van der Waals surface area contributed by atoms with Crippen LogP contribution in [0.3, 0.4) is 0 Å². The second-order valence-corrected chi connectivity index (χ2v) is 4.12. The topological polar surface area (TPSA) is 18.5 Å². The van der Waals surface area contributed by atoms with Crippen LogP contribution in [0.15, 0.2) is 24.3 Å². The molecular weight excluding hydrogens is 233 g/mol. The highest BCUT2D eigenvalue weighted by molar-refractivity contribution is 5.30. The van der Waals surface area contributed by atoms with E-state index in [2.05, 4.69) is 0 Å². The highest BCUT2D eigenvalue weighted by Gasteiger charge is 2.59. The van der Waals surface area contributed by atoms with E-state index in [4.69, 9.17) is 9.47 Å². The SMILES string of the molecule is COc1cccc(CC2(C(F)(F)F)CCO2)c1. The molecule has 0 N–H and O–H groups in total. The number of ether oxygens (including phenoxy) is 2. The monoisotopic (exact) mass is 246 g/mol. The summed E-state index contributed by atoms with van der Waals surface area (Å²) in [4.78, 5) is 0. The Kier molecular flexibility index (Phi) is 3.03. The number of rotatable bonds is 3. The molecule has 1 fully saturated rings. The molecule has 0 aliphatic carbocycles. The van der Waals surface area contributed by atoms with Crippen LogP contribution in [0.25, 0.3) is 0 Å². The van der Waals surface area contributed by atoms with E-state index in [1.165, 1.54) is 7.11 Å². The van der Waals surface area contributed by atoms with Crippen LogP contribution in [0.5, 0.6) is 5.75 Å². The van der Waals surface area contributed by atoms with Gasteiger partial charge in [0.15, 0.2) is 5.60 Å². The van der Waals surface area contributed by atoms with Gasteiger partial charge in [-0.3, -0.25) is 0 Å². The van der Waals surface area contributed by atoms with Crippen molar-refractivity contribution in [1.29, 1.82) is 0 Å². The smallest absolute Gasteiger partial charge is 0.417 e. The first-order chi connectivity index (χ1) is 7.97. The second kappa shape index (κ2) is 4.22. The summed E-state index contributed by atoms with van der Waals surface area (Å²) in [6.45, 7) is 0.170. The van der Waals surface area contributed by atoms with Gasteiger partial charge in [-0.2, -0.15) is 13.2 Å². The molecule has 17 heavy (non-hydrogen) atoms. The van der Waals surface area contributed by atoms with Crippen LogP contribution in [0, 0.1) is 0 Å². The Bertz CT molecular complexity index is 397. The van der Waals surface area contributed by atoms with Gasteiger partial charge in [-0.1, -0.05) is 12.1 Å². The zero-order valence-corrected chi connectivity index (χ0v) is 9.38. The van der Waals surface area contributed by atoms with Crippen LogP contribution in [0.4, 0.5) is 13.2 Å². The summed E-state index contributed by atoms with van der Waals surface area (Å²) in [7, 11) is 1.48. The molecule has 1 saturated heterocycles. The Morgan fingerprint density at radius 3 is 2.59 bits per heavy atom. The van der Waals surface area contributed by atoms with Crippen molar-refractivity contribution in [3.8, 4) is 5.75 Å². The molecule has 1 atom stereocenters. The molecule has 1 unspecified atom stereocenters. The van der Waals surface area contributed by atoms with Gasteiger partial charge < -0.3 is 9.47 Å². The van der Waals surface area contributed by atoms with Crippen molar-refractivity contribution in [2.75, 3.05) is 13.7 Å². The minimum Gasteiger partial charge on any atom is -0.497 e. The van der Waals surface area contributed by atoms with E-state index in [1.807, 2.05) is 0 Å². The minimum absolute atomic E-state index is 0.0215. The lowest BCUT2D eigenvalue weighted by molar-refractivity contribution is -0.324. The Balaban J connectivity index is 2.19. The molecule has 1 aromatic carbocycles. The van der Waals surface area contributed by atoms with Gasteiger partial charge in [0.1, 0.15) is 5.75 Å². The van der Waals surface area contributed by atoms with Gasteiger partial charge in [0, 0.05) is 12.8 Å². The van der Waals surface area contributed by atoms with E-state index in [0.29, 0.717) is 11.3 Å². The van der Waals surface area contributed by atoms with Gasteiger partial charge in [0.2, 0.25) is 0 Å². The molecule has 0 saturated carbocycles. The normalized spacial score (nSPS) is 24.2. The lowest BCUT2D eigenvalue weighted by atomic mass is 9.86. The van der Waals surface area contributed by atoms with Crippen molar-refractivity contribution in [2.24, 2.45) is 0 Å². The zero-order chi connectivity index (χ0) is 12.5. The average molecular weight is 246 g/mol. The van der Waals surface area contributed by atoms with Gasteiger partial charge in [0.25, 0.3) is 0 Å². The van der Waals surface area contributed by atoms with E-state index < -0.39 is 11.8 Å². The molecule has 94 valence electrons. The third-order valence-corrected chi connectivity index (χ3v) is 3.02. The number of halogens is 3. The molecule has 2 rings (SSSR count). The third-order valence-electron chi connectivity index (χ3n) is 3.02. The van der Waals surface area contributed by atoms with E-state index in [-0.39, 0.29) is 19.4 Å². The standard InChI is InChI=1S/C12H13F3O2/c1-16-10-4-2-3-9(7-10)8-11(5-6-17-11)12(13,14)15/h2-4,7H,5-6,8H2,1H3. The minimum atomic E-state index is -4.33. The average Bonchev–Trinajstić information content (AvgIpc) is 2.22. The third kappa shape index (κ3) is 2.24. The maximum absolute atomic E-state index is 12.9. The molecule has 1 aliphatic rings. The van der Waals surface area contributed by atoms with Crippen molar-refractivity contribution in [1.82, 2.24) is 0 Å².